The smallest absolute Gasteiger partial charge is 0.238 e. The molecule has 0 bridgehead atoms. The molecule has 0 saturated carbocycles. The second-order valence-corrected chi connectivity index (χ2v) is 4.93. The number of aromatic nitrogens is 1. The van der Waals surface area contributed by atoms with Gasteiger partial charge in [0.1, 0.15) is 5.82 Å². The van der Waals surface area contributed by atoms with Crippen LogP contribution in [0.3, 0.4) is 0 Å². The zero-order chi connectivity index (χ0) is 13.1. The Kier molecular flexibility index (Phi) is 3.91. The fourth-order valence-corrected chi connectivity index (χ4v) is 2.44. The molecule has 1 aliphatic rings. The number of nitrogens with two attached hydrogens (primary N) is 1. The Bertz CT molecular complexity index is 410. The molecule has 2 rings (SSSR count). The van der Waals surface area contributed by atoms with E-state index < -0.39 is 0 Å². The van der Waals surface area contributed by atoms with Crippen molar-refractivity contribution in [1.29, 1.82) is 0 Å². The van der Waals surface area contributed by atoms with E-state index in [1.165, 1.54) is 19.4 Å². The highest BCUT2D eigenvalue weighted by atomic mass is 16.5. The van der Waals surface area contributed by atoms with Crippen LogP contribution >= 0.6 is 0 Å². The van der Waals surface area contributed by atoms with Gasteiger partial charge in [-0.05, 0) is 38.6 Å². The molecule has 5 heteroatoms. The summed E-state index contributed by atoms with van der Waals surface area (Å²) in [6, 6.07) is 4.39. The molecular formula is C13H22N4O. The van der Waals surface area contributed by atoms with Crippen molar-refractivity contribution in [2.24, 2.45) is 0 Å². The van der Waals surface area contributed by atoms with Gasteiger partial charge in [0.25, 0.3) is 0 Å². The van der Waals surface area contributed by atoms with Gasteiger partial charge < -0.3 is 20.3 Å². The predicted molar refractivity (Wildman–Crippen MR) is 74.1 cm³/mol. The molecule has 0 radical (unpaired) electrons. The fourth-order valence-electron chi connectivity index (χ4n) is 2.44. The molecule has 100 valence electrons. The van der Waals surface area contributed by atoms with E-state index in [-0.39, 0.29) is 0 Å². The first kappa shape index (κ1) is 13.0. The molecule has 1 unspecified atom stereocenters. The van der Waals surface area contributed by atoms with Gasteiger partial charge in [0, 0.05) is 19.6 Å². The minimum atomic E-state index is 0.499. The monoisotopic (exact) mass is 250 g/mol. The van der Waals surface area contributed by atoms with Gasteiger partial charge in [-0.3, -0.25) is 0 Å². The van der Waals surface area contributed by atoms with Crippen molar-refractivity contribution >= 4 is 11.5 Å². The third-order valence-corrected chi connectivity index (χ3v) is 3.62. The summed E-state index contributed by atoms with van der Waals surface area (Å²) in [6.45, 7) is 2.17. The third kappa shape index (κ3) is 2.67. The Labute approximate surface area is 109 Å². The number of nitrogens with zero attached hydrogens (tertiary/aromatic N) is 3. The molecule has 1 saturated heterocycles. The Hall–Kier alpha value is -1.49. The van der Waals surface area contributed by atoms with Crippen LogP contribution in [0.25, 0.3) is 0 Å². The van der Waals surface area contributed by atoms with E-state index in [1.807, 2.05) is 12.1 Å². The molecule has 18 heavy (non-hydrogen) atoms. The van der Waals surface area contributed by atoms with Crippen molar-refractivity contribution in [2.45, 2.75) is 18.9 Å². The SMILES string of the molecule is COc1nc(N(C)CC2CCCN2C)ccc1N. The summed E-state index contributed by atoms with van der Waals surface area (Å²) in [5, 5.41) is 0. The van der Waals surface area contributed by atoms with Crippen LogP contribution in [0, 0.1) is 0 Å². The number of nitrogen functional groups attached to an aromatic ring is 1. The van der Waals surface area contributed by atoms with Crippen LogP contribution in [0.1, 0.15) is 12.8 Å². The number of hydrogen-bond acceptors (Lipinski definition) is 5. The van der Waals surface area contributed by atoms with Gasteiger partial charge in [-0.2, -0.15) is 4.98 Å². The summed E-state index contributed by atoms with van der Waals surface area (Å²) in [5.74, 6) is 1.40. The van der Waals surface area contributed by atoms with E-state index in [4.69, 9.17) is 10.5 Å². The lowest BCUT2D eigenvalue weighted by atomic mass is 10.2. The summed E-state index contributed by atoms with van der Waals surface area (Å²) < 4.78 is 5.15. The van der Waals surface area contributed by atoms with E-state index in [1.54, 1.807) is 7.11 Å². The molecule has 1 aromatic heterocycles. The first-order valence-corrected chi connectivity index (χ1v) is 6.33. The zero-order valence-electron chi connectivity index (χ0n) is 11.4. The Balaban J connectivity index is 2.06. The van der Waals surface area contributed by atoms with Gasteiger partial charge in [0.2, 0.25) is 5.88 Å². The van der Waals surface area contributed by atoms with Crippen molar-refractivity contribution in [3.05, 3.63) is 12.1 Å². The number of likely N-dealkylation sites (tertiary alicyclic amines) is 1. The van der Waals surface area contributed by atoms with Crippen molar-refractivity contribution in [3.63, 3.8) is 0 Å². The van der Waals surface area contributed by atoms with Crippen molar-refractivity contribution in [1.82, 2.24) is 9.88 Å². The van der Waals surface area contributed by atoms with E-state index in [2.05, 4.69) is 28.9 Å². The Morgan fingerprint density at radius 2 is 2.33 bits per heavy atom. The Morgan fingerprint density at radius 3 is 2.94 bits per heavy atom. The topological polar surface area (TPSA) is 54.6 Å². The fraction of sp³-hybridized carbons (Fsp3) is 0.615. The maximum Gasteiger partial charge on any atom is 0.238 e. The molecule has 1 aliphatic heterocycles. The first-order valence-electron chi connectivity index (χ1n) is 6.33. The van der Waals surface area contributed by atoms with E-state index in [9.17, 15) is 0 Å². The maximum atomic E-state index is 5.77. The highest BCUT2D eigenvalue weighted by molar-refractivity contribution is 5.54. The van der Waals surface area contributed by atoms with E-state index in [0.29, 0.717) is 17.6 Å². The van der Waals surface area contributed by atoms with Crippen molar-refractivity contribution in [2.75, 3.05) is 44.9 Å². The number of rotatable bonds is 4. The van der Waals surface area contributed by atoms with E-state index in [0.717, 1.165) is 12.4 Å². The molecule has 0 spiro atoms. The number of anilines is 2. The number of methoxy groups -OCH3 is 1. The highest BCUT2D eigenvalue weighted by Crippen LogP contribution is 2.23. The quantitative estimate of drug-likeness (QED) is 0.870. The van der Waals surface area contributed by atoms with Crippen LogP contribution in [-0.4, -0.2) is 50.2 Å². The zero-order valence-corrected chi connectivity index (χ0v) is 11.4. The predicted octanol–water partition coefficient (Wildman–Crippen LogP) is 1.20. The van der Waals surface area contributed by atoms with Crippen molar-refractivity contribution in [3.8, 4) is 5.88 Å². The van der Waals surface area contributed by atoms with E-state index >= 15 is 0 Å². The lowest BCUT2D eigenvalue weighted by Crippen LogP contribution is -2.37. The van der Waals surface area contributed by atoms with Crippen LogP contribution in [0.2, 0.25) is 0 Å². The number of ether oxygens (including phenoxy) is 1. The van der Waals surface area contributed by atoms with Gasteiger partial charge in [-0.15, -0.1) is 0 Å². The van der Waals surface area contributed by atoms with Crippen molar-refractivity contribution < 1.29 is 4.74 Å². The van der Waals surface area contributed by atoms with Crippen LogP contribution in [0.5, 0.6) is 5.88 Å². The lowest BCUT2D eigenvalue weighted by molar-refractivity contribution is 0.313. The normalized spacial score (nSPS) is 20.1. The number of likely N-dealkylation sites (N-methyl/N-ethyl adjacent to an activating group) is 2. The summed E-state index contributed by atoms with van der Waals surface area (Å²) in [7, 11) is 5.83. The molecular weight excluding hydrogens is 228 g/mol. The highest BCUT2D eigenvalue weighted by Gasteiger charge is 2.22. The first-order chi connectivity index (χ1) is 8.61. The second-order valence-electron chi connectivity index (χ2n) is 4.93. The standard InChI is InChI=1S/C13H22N4O/c1-16-8-4-5-10(16)9-17(2)12-7-6-11(14)13(15-12)18-3/h6-7,10H,4-5,8-9,14H2,1-3H3. The second kappa shape index (κ2) is 5.44. The summed E-state index contributed by atoms with van der Waals surface area (Å²) in [6.07, 6.45) is 2.54. The largest absolute Gasteiger partial charge is 0.479 e. The minimum absolute atomic E-state index is 0.499. The molecule has 2 N–H and O–H groups in total. The van der Waals surface area contributed by atoms with Gasteiger partial charge in [-0.1, -0.05) is 0 Å². The van der Waals surface area contributed by atoms with Crippen LogP contribution in [0.15, 0.2) is 12.1 Å². The van der Waals surface area contributed by atoms with Gasteiger partial charge in [-0.25, -0.2) is 0 Å². The summed E-state index contributed by atoms with van der Waals surface area (Å²) >= 11 is 0. The molecule has 1 aromatic rings. The Morgan fingerprint density at radius 1 is 1.56 bits per heavy atom. The number of pyridine rings is 1. The van der Waals surface area contributed by atoms with Crippen LogP contribution < -0.4 is 15.4 Å². The average Bonchev–Trinajstić information content (AvgIpc) is 2.75. The number of hydrogen-bond donors (Lipinski definition) is 1. The molecule has 0 aliphatic carbocycles. The molecule has 5 nitrogen and oxygen atoms in total. The maximum absolute atomic E-state index is 5.77. The molecule has 1 atom stereocenters. The average molecular weight is 250 g/mol. The minimum Gasteiger partial charge on any atom is -0.479 e. The van der Waals surface area contributed by atoms with Crippen LogP contribution in [-0.2, 0) is 0 Å². The molecule has 2 heterocycles. The lowest BCUT2D eigenvalue weighted by Gasteiger charge is -2.26. The molecule has 0 amide bonds. The summed E-state index contributed by atoms with van der Waals surface area (Å²) in [5.41, 5.74) is 6.35. The molecule has 0 aromatic carbocycles. The van der Waals surface area contributed by atoms with Gasteiger partial charge in [0.15, 0.2) is 0 Å². The van der Waals surface area contributed by atoms with Gasteiger partial charge >= 0.3 is 0 Å². The van der Waals surface area contributed by atoms with Crippen LogP contribution in [0.4, 0.5) is 11.5 Å². The molecule has 1 fully saturated rings. The summed E-state index contributed by atoms with van der Waals surface area (Å²) in [4.78, 5) is 8.99. The van der Waals surface area contributed by atoms with Gasteiger partial charge in [0.05, 0.1) is 12.8 Å². The third-order valence-electron chi connectivity index (χ3n) is 3.62.